The maximum absolute atomic E-state index is 8.88. The molecule has 0 bridgehead atoms. The minimum Gasteiger partial charge on any atom is -0.303 e. The maximum atomic E-state index is 8.88. The average Bonchev–Trinajstić information content (AvgIpc) is 3.53. The lowest BCUT2D eigenvalue weighted by Gasteiger charge is -2.18. The Morgan fingerprint density at radius 1 is 0.160 bits per heavy atom. The van der Waals surface area contributed by atoms with Gasteiger partial charge < -0.3 is 14.7 Å². The summed E-state index contributed by atoms with van der Waals surface area (Å²) in [4.78, 5) is 21.6. The second-order valence-corrected chi connectivity index (χ2v) is 27.8. The average molecular weight is 1150 g/mol. The van der Waals surface area contributed by atoms with Crippen LogP contribution in [0.25, 0.3) is 0 Å². The van der Waals surface area contributed by atoms with E-state index in [2.05, 4.69) is 364 Å². The van der Waals surface area contributed by atoms with Crippen molar-refractivity contribution < 1.29 is 19.2 Å². The first-order valence-electron chi connectivity index (χ1n) is 26.4. The molecule has 0 atom stereocenters. The minimum atomic E-state index is -4.64. The molecular weight excluding hydrogens is 1080 g/mol. The van der Waals surface area contributed by atoms with Crippen LogP contribution in [0.3, 0.4) is 0 Å². The third kappa shape index (κ3) is 19.3. The molecule has 4 nitrogen and oxygen atoms in total. The Hall–Kier alpha value is -7.53. The van der Waals surface area contributed by atoms with Crippen LogP contribution in [0, 0.1) is 0 Å². The zero-order valence-electron chi connectivity index (χ0n) is 44.6. The van der Waals surface area contributed by atoms with Crippen LogP contribution < -0.4 is 63.7 Å². The van der Waals surface area contributed by atoms with Crippen LogP contribution in [-0.4, -0.2) is 14.7 Å². The molecule has 3 N–H and O–H groups in total. The van der Waals surface area contributed by atoms with Crippen molar-refractivity contribution >= 4 is 103 Å². The molecule has 0 unspecified atom stereocenters. The Morgan fingerprint density at radius 2 is 0.222 bits per heavy atom. The van der Waals surface area contributed by atoms with Gasteiger partial charge in [0.15, 0.2) is 0 Å². The lowest BCUT2D eigenvalue weighted by molar-refractivity contribution is 0.275. The van der Waals surface area contributed by atoms with Crippen molar-refractivity contribution in [2.45, 2.75) is 0 Å². The molecule has 0 spiro atoms. The summed E-state index contributed by atoms with van der Waals surface area (Å²) < 4.78 is 8.88. The molecule has 0 saturated heterocycles. The summed E-state index contributed by atoms with van der Waals surface area (Å²) in [7, 11) is -6.42. The van der Waals surface area contributed by atoms with Gasteiger partial charge in [0.1, 0.15) is 0 Å². The van der Waals surface area contributed by atoms with E-state index in [0.29, 0.717) is 0 Å². The normalized spacial score (nSPS) is 10.7. The molecule has 0 heterocycles. The van der Waals surface area contributed by atoms with Gasteiger partial charge in [-0.2, -0.15) is 0 Å². The van der Waals surface area contributed by atoms with E-state index in [1.807, 2.05) is 0 Å². The van der Waals surface area contributed by atoms with Crippen LogP contribution in [0.5, 0.6) is 0 Å². The fraction of sp³-hybridized carbons (Fsp3) is 0. The predicted octanol–water partition coefficient (Wildman–Crippen LogP) is 12.9. The molecule has 0 fully saturated rings. The molecule has 81 heavy (non-hydrogen) atoms. The van der Waals surface area contributed by atoms with Crippen LogP contribution in [0.1, 0.15) is 0 Å². The van der Waals surface area contributed by atoms with Crippen molar-refractivity contribution in [3.8, 4) is 0 Å². The molecule has 12 rings (SSSR count). The fourth-order valence-corrected chi connectivity index (χ4v) is 17.9. The van der Waals surface area contributed by atoms with E-state index in [4.69, 9.17) is 19.2 Å². The van der Waals surface area contributed by atoms with Crippen LogP contribution >= 0.6 is 39.5 Å². The number of phosphoric acid groups is 1. The van der Waals surface area contributed by atoms with Gasteiger partial charge in [-0.3, -0.25) is 0 Å². The largest absolute Gasteiger partial charge is 0.466 e. The van der Waals surface area contributed by atoms with Crippen molar-refractivity contribution in [3.63, 3.8) is 0 Å². The Morgan fingerprint density at radius 3 is 0.284 bits per heavy atom. The van der Waals surface area contributed by atoms with Crippen LogP contribution in [0.15, 0.2) is 364 Å². The minimum absolute atomic E-state index is 0.446. The molecule has 12 aromatic carbocycles. The molecule has 400 valence electrons. The summed E-state index contributed by atoms with van der Waals surface area (Å²) in [5.74, 6) is 0. The van der Waals surface area contributed by atoms with Crippen LogP contribution in [0.2, 0.25) is 0 Å². The standard InChI is InChI=1S/4C18H15P.H3O4P/c4*1-4-10-16(11-5-1)19(17-12-6-2-7-13-17)18-14-8-3-9-15-18;1-5(2,3)4/h4*1-15H;(H3,1,2,3,4). The maximum Gasteiger partial charge on any atom is 0.466 e. The van der Waals surface area contributed by atoms with Crippen molar-refractivity contribution in [3.05, 3.63) is 364 Å². The first-order valence-corrected chi connectivity index (χ1v) is 33.3. The highest BCUT2D eigenvalue weighted by molar-refractivity contribution is 7.81. The predicted molar refractivity (Wildman–Crippen MR) is 355 cm³/mol. The highest BCUT2D eigenvalue weighted by Crippen LogP contribution is 2.35. The summed E-state index contributed by atoms with van der Waals surface area (Å²) in [5.41, 5.74) is 0. The van der Waals surface area contributed by atoms with E-state index in [9.17, 15) is 0 Å². The van der Waals surface area contributed by atoms with Gasteiger partial charge in [0.2, 0.25) is 0 Å². The van der Waals surface area contributed by atoms with Gasteiger partial charge >= 0.3 is 7.82 Å². The Bertz CT molecular complexity index is 2760. The Kier molecular flexibility index (Phi) is 24.0. The summed E-state index contributed by atoms with van der Waals surface area (Å²) in [5, 5.41) is 16.8. The third-order valence-corrected chi connectivity index (χ3v) is 21.9. The lowest BCUT2D eigenvalue weighted by Crippen LogP contribution is -2.20. The van der Waals surface area contributed by atoms with Crippen LogP contribution in [0.4, 0.5) is 0 Å². The first kappa shape index (κ1) is 59.6. The second-order valence-electron chi connectivity index (χ2n) is 17.9. The zero-order chi connectivity index (χ0) is 56.2. The fourth-order valence-electron chi connectivity index (χ4n) is 8.71. The van der Waals surface area contributed by atoms with Gasteiger partial charge in [0.25, 0.3) is 0 Å². The van der Waals surface area contributed by atoms with E-state index >= 15 is 0 Å². The van der Waals surface area contributed by atoms with Gasteiger partial charge in [0.05, 0.1) is 0 Å². The van der Waals surface area contributed by atoms with Crippen molar-refractivity contribution in [1.82, 2.24) is 0 Å². The van der Waals surface area contributed by atoms with Crippen LogP contribution in [-0.2, 0) is 4.57 Å². The molecular formula is C72H63O4P5. The molecule has 0 radical (unpaired) electrons. The second kappa shape index (κ2) is 32.7. The number of hydrogen-bond donors (Lipinski definition) is 3. The summed E-state index contributed by atoms with van der Waals surface area (Å²) in [6.45, 7) is 0. The van der Waals surface area contributed by atoms with E-state index < -0.39 is 39.5 Å². The Balaban J connectivity index is 0.000000138. The Labute approximate surface area is 483 Å². The summed E-state index contributed by atoms with van der Waals surface area (Å²) >= 11 is 0. The number of rotatable bonds is 12. The molecule has 12 aromatic rings. The van der Waals surface area contributed by atoms with E-state index in [1.165, 1.54) is 63.7 Å². The zero-order valence-corrected chi connectivity index (χ0v) is 49.1. The van der Waals surface area contributed by atoms with E-state index in [-0.39, 0.29) is 0 Å². The van der Waals surface area contributed by atoms with E-state index in [1.54, 1.807) is 0 Å². The topological polar surface area (TPSA) is 77.8 Å². The number of benzene rings is 12. The highest BCUT2D eigenvalue weighted by Gasteiger charge is 2.18. The summed E-state index contributed by atoms with van der Waals surface area (Å²) in [6, 6.07) is 129. The lowest BCUT2D eigenvalue weighted by atomic mass is 10.4. The summed E-state index contributed by atoms with van der Waals surface area (Å²) in [6.07, 6.45) is 0. The monoisotopic (exact) mass is 1150 g/mol. The molecule has 0 aliphatic rings. The van der Waals surface area contributed by atoms with Gasteiger partial charge in [-0.25, -0.2) is 4.57 Å². The number of hydrogen-bond acceptors (Lipinski definition) is 1. The van der Waals surface area contributed by atoms with Crippen molar-refractivity contribution in [2.24, 2.45) is 0 Å². The quantitative estimate of drug-likeness (QED) is 0.107. The van der Waals surface area contributed by atoms with Gasteiger partial charge in [0, 0.05) is 0 Å². The third-order valence-electron chi connectivity index (χ3n) is 12.2. The highest BCUT2D eigenvalue weighted by atomic mass is 31.2. The van der Waals surface area contributed by atoms with Gasteiger partial charge in [-0.15, -0.1) is 0 Å². The van der Waals surface area contributed by atoms with Gasteiger partial charge in [-0.1, -0.05) is 364 Å². The molecule has 0 aliphatic heterocycles. The first-order chi connectivity index (χ1) is 39.8. The van der Waals surface area contributed by atoms with Crippen molar-refractivity contribution in [2.75, 3.05) is 0 Å². The molecule has 0 aromatic heterocycles. The SMILES string of the molecule is O=P(O)(O)O.c1ccc(P(c2ccccc2)c2ccccc2)cc1.c1ccc(P(c2ccccc2)c2ccccc2)cc1.c1ccc(P(c2ccccc2)c2ccccc2)cc1.c1ccc(P(c2ccccc2)c2ccccc2)cc1. The molecule has 0 aliphatic carbocycles. The van der Waals surface area contributed by atoms with Gasteiger partial charge in [-0.05, 0) is 95.3 Å². The molecule has 0 amide bonds. The molecule has 0 saturated carbocycles. The molecule has 9 heteroatoms. The smallest absolute Gasteiger partial charge is 0.303 e. The van der Waals surface area contributed by atoms with Crippen molar-refractivity contribution in [1.29, 1.82) is 0 Å². The van der Waals surface area contributed by atoms with E-state index in [0.717, 1.165) is 0 Å².